The predicted molar refractivity (Wildman–Crippen MR) is 79.1 cm³/mol. The van der Waals surface area contributed by atoms with E-state index in [-0.39, 0.29) is 5.41 Å². The number of aryl methyl sites for hydroxylation is 2. The normalized spacial score (nSPS) is 11.6. The highest BCUT2D eigenvalue weighted by atomic mass is 14.3. The Bertz CT molecular complexity index is 501. The quantitative estimate of drug-likeness (QED) is 0.719. The van der Waals surface area contributed by atoms with Crippen LogP contribution in [0.3, 0.4) is 0 Å². The number of rotatable bonds is 3. The summed E-state index contributed by atoms with van der Waals surface area (Å²) in [5.74, 6) is 0. The van der Waals surface area contributed by atoms with Gasteiger partial charge in [-0.15, -0.1) is 0 Å². The summed E-state index contributed by atoms with van der Waals surface area (Å²) in [6.07, 6.45) is 1.09. The second-order valence-electron chi connectivity index (χ2n) is 5.80. The molecule has 0 radical (unpaired) electrons. The molecular formula is C18H22. The minimum Gasteiger partial charge on any atom is -0.0622 e. The number of hydrogen-bond acceptors (Lipinski definition) is 0. The van der Waals surface area contributed by atoms with Gasteiger partial charge < -0.3 is 0 Å². The molecule has 94 valence electrons. The molecule has 0 aliphatic heterocycles. The standard InChI is InChI=1S/C18H22/c1-14-9-8-10-15(2)17(14)13-18(3,4)16-11-6-5-7-12-16/h5-12H,13H2,1-4H3. The summed E-state index contributed by atoms with van der Waals surface area (Å²) in [7, 11) is 0. The Morgan fingerprint density at radius 3 is 1.89 bits per heavy atom. The van der Waals surface area contributed by atoms with E-state index in [1.807, 2.05) is 0 Å². The number of benzene rings is 2. The average molecular weight is 238 g/mol. The Morgan fingerprint density at radius 1 is 0.778 bits per heavy atom. The highest BCUT2D eigenvalue weighted by Crippen LogP contribution is 2.29. The molecule has 0 saturated heterocycles. The summed E-state index contributed by atoms with van der Waals surface area (Å²) in [5.41, 5.74) is 5.88. The minimum absolute atomic E-state index is 0.179. The van der Waals surface area contributed by atoms with Crippen molar-refractivity contribution in [2.75, 3.05) is 0 Å². The second-order valence-corrected chi connectivity index (χ2v) is 5.80. The first-order valence-corrected chi connectivity index (χ1v) is 6.61. The third-order valence-electron chi connectivity index (χ3n) is 3.82. The Morgan fingerprint density at radius 2 is 1.33 bits per heavy atom. The topological polar surface area (TPSA) is 0 Å². The van der Waals surface area contributed by atoms with E-state index in [2.05, 4.69) is 76.2 Å². The molecule has 0 N–H and O–H groups in total. The Balaban J connectivity index is 2.34. The van der Waals surface area contributed by atoms with Gasteiger partial charge in [0.1, 0.15) is 0 Å². The van der Waals surface area contributed by atoms with Crippen molar-refractivity contribution in [3.63, 3.8) is 0 Å². The Labute approximate surface area is 111 Å². The van der Waals surface area contributed by atoms with E-state index in [4.69, 9.17) is 0 Å². The van der Waals surface area contributed by atoms with Crippen LogP contribution < -0.4 is 0 Å². The third-order valence-corrected chi connectivity index (χ3v) is 3.82. The van der Waals surface area contributed by atoms with Crippen molar-refractivity contribution in [3.8, 4) is 0 Å². The molecule has 0 nitrogen and oxygen atoms in total. The van der Waals surface area contributed by atoms with Crippen molar-refractivity contribution in [1.82, 2.24) is 0 Å². The summed E-state index contributed by atoms with van der Waals surface area (Å²) < 4.78 is 0. The first-order valence-electron chi connectivity index (χ1n) is 6.61. The maximum absolute atomic E-state index is 2.33. The lowest BCUT2D eigenvalue weighted by Crippen LogP contribution is -2.21. The van der Waals surface area contributed by atoms with Crippen molar-refractivity contribution in [3.05, 3.63) is 70.8 Å². The fraction of sp³-hybridized carbons (Fsp3) is 0.333. The van der Waals surface area contributed by atoms with Gasteiger partial charge >= 0.3 is 0 Å². The van der Waals surface area contributed by atoms with Gasteiger partial charge in [-0.2, -0.15) is 0 Å². The maximum atomic E-state index is 2.33. The third kappa shape index (κ3) is 2.64. The molecule has 0 aliphatic carbocycles. The van der Waals surface area contributed by atoms with Crippen LogP contribution in [0.1, 0.15) is 36.1 Å². The van der Waals surface area contributed by atoms with Gasteiger partial charge in [0, 0.05) is 0 Å². The predicted octanol–water partition coefficient (Wildman–Crippen LogP) is 4.82. The van der Waals surface area contributed by atoms with Crippen molar-refractivity contribution in [1.29, 1.82) is 0 Å². The fourth-order valence-electron chi connectivity index (χ4n) is 2.56. The summed E-state index contributed by atoms with van der Waals surface area (Å²) in [6, 6.07) is 17.4. The number of hydrogen-bond donors (Lipinski definition) is 0. The van der Waals surface area contributed by atoms with Crippen LogP contribution >= 0.6 is 0 Å². The Hall–Kier alpha value is -1.56. The molecule has 0 saturated carbocycles. The highest BCUT2D eigenvalue weighted by Gasteiger charge is 2.22. The second kappa shape index (κ2) is 4.97. The lowest BCUT2D eigenvalue weighted by molar-refractivity contribution is 0.519. The van der Waals surface area contributed by atoms with Crippen LogP contribution in [0.4, 0.5) is 0 Å². The maximum Gasteiger partial charge on any atom is -0.00630 e. The molecule has 0 heterocycles. The summed E-state index contributed by atoms with van der Waals surface area (Å²) in [6.45, 7) is 9.08. The fourth-order valence-corrected chi connectivity index (χ4v) is 2.56. The SMILES string of the molecule is Cc1cccc(C)c1CC(C)(C)c1ccccc1. The molecule has 18 heavy (non-hydrogen) atoms. The van der Waals surface area contributed by atoms with E-state index >= 15 is 0 Å². The summed E-state index contributed by atoms with van der Waals surface area (Å²) >= 11 is 0. The molecule has 2 rings (SSSR count). The molecule has 0 bridgehead atoms. The molecule has 0 fully saturated rings. The Kier molecular flexibility index (Phi) is 3.56. The molecule has 0 heteroatoms. The smallest absolute Gasteiger partial charge is 0.00630 e. The average Bonchev–Trinajstić information content (AvgIpc) is 2.35. The monoisotopic (exact) mass is 238 g/mol. The molecule has 0 aromatic heterocycles. The van der Waals surface area contributed by atoms with Crippen molar-refractivity contribution in [2.24, 2.45) is 0 Å². The van der Waals surface area contributed by atoms with E-state index in [1.165, 1.54) is 22.3 Å². The van der Waals surface area contributed by atoms with Crippen LogP contribution in [0, 0.1) is 13.8 Å². The van der Waals surface area contributed by atoms with Crippen molar-refractivity contribution in [2.45, 2.75) is 39.5 Å². The zero-order valence-corrected chi connectivity index (χ0v) is 11.8. The largest absolute Gasteiger partial charge is 0.0622 e. The van der Waals surface area contributed by atoms with Gasteiger partial charge in [0.25, 0.3) is 0 Å². The van der Waals surface area contributed by atoms with Gasteiger partial charge in [-0.1, -0.05) is 62.4 Å². The van der Waals surface area contributed by atoms with Gasteiger partial charge in [0.15, 0.2) is 0 Å². The van der Waals surface area contributed by atoms with Crippen LogP contribution in [-0.4, -0.2) is 0 Å². The van der Waals surface area contributed by atoms with Gasteiger partial charge in [-0.05, 0) is 47.9 Å². The van der Waals surface area contributed by atoms with Gasteiger partial charge in [0.2, 0.25) is 0 Å². The van der Waals surface area contributed by atoms with Crippen LogP contribution in [0.15, 0.2) is 48.5 Å². The lowest BCUT2D eigenvalue weighted by Gasteiger charge is -2.27. The highest BCUT2D eigenvalue weighted by molar-refractivity contribution is 5.37. The van der Waals surface area contributed by atoms with E-state index in [9.17, 15) is 0 Å². The molecule has 0 unspecified atom stereocenters. The van der Waals surface area contributed by atoms with Crippen molar-refractivity contribution >= 4 is 0 Å². The molecule has 2 aromatic carbocycles. The lowest BCUT2D eigenvalue weighted by atomic mass is 9.77. The molecule has 2 aromatic rings. The van der Waals surface area contributed by atoms with E-state index in [0.717, 1.165) is 6.42 Å². The van der Waals surface area contributed by atoms with Crippen molar-refractivity contribution < 1.29 is 0 Å². The zero-order valence-electron chi connectivity index (χ0n) is 11.8. The van der Waals surface area contributed by atoms with Crippen LogP contribution in [0.2, 0.25) is 0 Å². The van der Waals surface area contributed by atoms with Crippen LogP contribution in [0.5, 0.6) is 0 Å². The molecule has 0 spiro atoms. The zero-order chi connectivity index (χ0) is 13.2. The molecule has 0 amide bonds. The van der Waals surface area contributed by atoms with Gasteiger partial charge in [-0.3, -0.25) is 0 Å². The molecule has 0 aliphatic rings. The van der Waals surface area contributed by atoms with E-state index < -0.39 is 0 Å². The van der Waals surface area contributed by atoms with Gasteiger partial charge in [0.05, 0.1) is 0 Å². The van der Waals surface area contributed by atoms with Crippen LogP contribution in [0.25, 0.3) is 0 Å². The molecular weight excluding hydrogens is 216 g/mol. The first kappa shape index (κ1) is 12.9. The van der Waals surface area contributed by atoms with E-state index in [0.29, 0.717) is 0 Å². The minimum atomic E-state index is 0.179. The van der Waals surface area contributed by atoms with E-state index in [1.54, 1.807) is 0 Å². The summed E-state index contributed by atoms with van der Waals surface area (Å²) in [4.78, 5) is 0. The summed E-state index contributed by atoms with van der Waals surface area (Å²) in [5, 5.41) is 0. The van der Waals surface area contributed by atoms with Gasteiger partial charge in [-0.25, -0.2) is 0 Å². The first-order chi connectivity index (χ1) is 8.50. The van der Waals surface area contributed by atoms with Crippen LogP contribution in [-0.2, 0) is 11.8 Å². The molecule has 0 atom stereocenters.